The van der Waals surface area contributed by atoms with Crippen LogP contribution in [0.3, 0.4) is 0 Å². The first-order valence-corrected chi connectivity index (χ1v) is 7.90. The number of carbonyl (C=O) groups is 1. The van der Waals surface area contributed by atoms with E-state index < -0.39 is 12.0 Å². The van der Waals surface area contributed by atoms with Gasteiger partial charge in [-0.15, -0.1) is 0 Å². The van der Waals surface area contributed by atoms with Crippen molar-refractivity contribution in [3.8, 4) is 5.95 Å². The Labute approximate surface area is 148 Å². The molecule has 0 aliphatic rings. The van der Waals surface area contributed by atoms with Crippen molar-refractivity contribution in [1.82, 2.24) is 19.5 Å². The first kappa shape index (κ1) is 17.7. The molecule has 9 heteroatoms. The minimum absolute atomic E-state index is 0.115. The smallest absolute Gasteiger partial charge is 0.412 e. The maximum Gasteiger partial charge on any atom is 0.412 e. The summed E-state index contributed by atoms with van der Waals surface area (Å²) in [6.07, 6.45) is 4.73. The molecule has 0 radical (unpaired) electrons. The van der Waals surface area contributed by atoms with Gasteiger partial charge in [-0.05, 0) is 18.1 Å². The van der Waals surface area contributed by atoms with E-state index in [0.29, 0.717) is 11.9 Å². The van der Waals surface area contributed by atoms with Crippen LogP contribution in [-0.2, 0) is 17.1 Å². The van der Waals surface area contributed by atoms with E-state index in [0.717, 1.165) is 17.9 Å². The van der Waals surface area contributed by atoms with Gasteiger partial charge < -0.3 is 4.74 Å². The number of ether oxygens (including phenoxy) is 1. The van der Waals surface area contributed by atoms with Crippen LogP contribution in [0.2, 0.25) is 0 Å². The summed E-state index contributed by atoms with van der Waals surface area (Å²) in [6.45, 7) is 2.75. The monoisotopic (exact) mass is 361 g/mol. The fraction of sp³-hybridized carbons (Fsp3) is 0.294. The van der Waals surface area contributed by atoms with Gasteiger partial charge in [0.25, 0.3) is 5.92 Å². The number of aryl methyl sites for hydroxylation is 1. The van der Waals surface area contributed by atoms with E-state index in [1.54, 1.807) is 23.0 Å². The van der Waals surface area contributed by atoms with Crippen molar-refractivity contribution >= 4 is 22.8 Å². The molecular formula is C17H17F2N5O2. The zero-order valence-corrected chi connectivity index (χ0v) is 14.5. The minimum atomic E-state index is -3.08. The van der Waals surface area contributed by atoms with E-state index in [1.807, 2.05) is 6.92 Å². The molecule has 0 aromatic carbocycles. The van der Waals surface area contributed by atoms with Crippen molar-refractivity contribution in [3.05, 3.63) is 42.0 Å². The van der Waals surface area contributed by atoms with Crippen LogP contribution in [0.1, 0.15) is 25.1 Å². The molecule has 1 N–H and O–H groups in total. The van der Waals surface area contributed by atoms with Crippen LogP contribution in [0.5, 0.6) is 0 Å². The van der Waals surface area contributed by atoms with Gasteiger partial charge in [0, 0.05) is 37.0 Å². The fourth-order valence-electron chi connectivity index (χ4n) is 2.57. The number of fused-ring (bicyclic) bond motifs is 1. The summed E-state index contributed by atoms with van der Waals surface area (Å²) in [5, 5.41) is 3.30. The molecule has 0 saturated heterocycles. The van der Waals surface area contributed by atoms with Crippen LogP contribution in [0.4, 0.5) is 19.4 Å². The molecule has 0 atom stereocenters. The molecular weight excluding hydrogens is 344 g/mol. The number of pyridine rings is 1. The number of anilines is 1. The van der Waals surface area contributed by atoms with Crippen LogP contribution in [-0.4, -0.2) is 32.7 Å². The molecule has 0 spiro atoms. The molecule has 0 aliphatic carbocycles. The van der Waals surface area contributed by atoms with E-state index in [1.165, 1.54) is 19.4 Å². The van der Waals surface area contributed by atoms with Crippen molar-refractivity contribution < 1.29 is 18.3 Å². The van der Waals surface area contributed by atoms with Gasteiger partial charge in [0.05, 0.1) is 12.6 Å². The van der Waals surface area contributed by atoms with Gasteiger partial charge >= 0.3 is 6.09 Å². The van der Waals surface area contributed by atoms with E-state index in [-0.39, 0.29) is 17.5 Å². The average molecular weight is 361 g/mol. The number of carbonyl (C=O) groups excluding carboxylic acids is 1. The van der Waals surface area contributed by atoms with E-state index in [4.69, 9.17) is 0 Å². The molecule has 3 heterocycles. The Balaban J connectivity index is 2.16. The Kier molecular flexibility index (Phi) is 4.54. The summed E-state index contributed by atoms with van der Waals surface area (Å²) < 4.78 is 33.4. The molecule has 136 valence electrons. The maximum absolute atomic E-state index is 13.6. The Morgan fingerprint density at radius 1 is 1.38 bits per heavy atom. The van der Waals surface area contributed by atoms with Gasteiger partial charge in [-0.1, -0.05) is 6.92 Å². The zero-order valence-electron chi connectivity index (χ0n) is 14.5. The third kappa shape index (κ3) is 3.32. The number of amides is 1. The highest BCUT2D eigenvalue weighted by Crippen LogP contribution is 2.28. The summed E-state index contributed by atoms with van der Waals surface area (Å²) >= 11 is 0. The standard InChI is InChI=1S/C17H17F2N5O2/c1-4-10-9-24(15-20-6-5-13(22-15)17(2,18)19)12-7-14(21-8-11(10)12)23-16(25)26-3/h5-9H,4H2,1-3H3,(H,21,23,25). The Morgan fingerprint density at radius 3 is 2.81 bits per heavy atom. The number of nitrogens with zero attached hydrogens (tertiary/aromatic N) is 4. The first-order valence-electron chi connectivity index (χ1n) is 7.90. The van der Waals surface area contributed by atoms with Gasteiger partial charge in [-0.2, -0.15) is 8.78 Å². The molecule has 1 amide bonds. The van der Waals surface area contributed by atoms with E-state index in [2.05, 4.69) is 25.0 Å². The van der Waals surface area contributed by atoms with Crippen molar-refractivity contribution in [1.29, 1.82) is 0 Å². The number of hydrogen-bond acceptors (Lipinski definition) is 5. The normalized spacial score (nSPS) is 11.6. The number of alkyl halides is 2. The number of hydrogen-bond donors (Lipinski definition) is 1. The Bertz CT molecular complexity index is 965. The number of halogens is 2. The highest BCUT2D eigenvalue weighted by atomic mass is 19.3. The number of rotatable bonds is 4. The molecule has 0 unspecified atom stereocenters. The van der Waals surface area contributed by atoms with Gasteiger partial charge in [-0.25, -0.2) is 19.7 Å². The molecule has 3 aromatic rings. The molecule has 7 nitrogen and oxygen atoms in total. The lowest BCUT2D eigenvalue weighted by Gasteiger charge is -2.11. The van der Waals surface area contributed by atoms with Gasteiger partial charge in [0.2, 0.25) is 5.95 Å². The lowest BCUT2D eigenvalue weighted by atomic mass is 10.2. The quantitative estimate of drug-likeness (QED) is 0.767. The van der Waals surface area contributed by atoms with Crippen molar-refractivity contribution in [3.63, 3.8) is 0 Å². The summed E-state index contributed by atoms with van der Waals surface area (Å²) in [6, 6.07) is 2.80. The molecule has 3 aromatic heterocycles. The highest BCUT2D eigenvalue weighted by molar-refractivity contribution is 5.90. The fourth-order valence-corrected chi connectivity index (χ4v) is 2.57. The average Bonchev–Trinajstić information content (AvgIpc) is 2.99. The first-order chi connectivity index (χ1) is 12.3. The van der Waals surface area contributed by atoms with Gasteiger partial charge in [0.15, 0.2) is 0 Å². The molecule has 3 rings (SSSR count). The molecule has 0 bridgehead atoms. The van der Waals surface area contributed by atoms with Gasteiger partial charge in [-0.3, -0.25) is 9.88 Å². The number of methoxy groups -OCH3 is 1. The summed E-state index contributed by atoms with van der Waals surface area (Å²) in [7, 11) is 1.25. The van der Waals surface area contributed by atoms with Crippen molar-refractivity contribution in [2.24, 2.45) is 0 Å². The van der Waals surface area contributed by atoms with Crippen LogP contribution in [0.25, 0.3) is 16.9 Å². The third-order valence-corrected chi connectivity index (χ3v) is 3.88. The lowest BCUT2D eigenvalue weighted by Crippen LogP contribution is -2.13. The second kappa shape index (κ2) is 6.66. The SMILES string of the molecule is CCc1cn(-c2nccc(C(C)(F)F)n2)c2cc(NC(=O)OC)ncc12. The molecule has 26 heavy (non-hydrogen) atoms. The highest BCUT2D eigenvalue weighted by Gasteiger charge is 2.27. The maximum atomic E-state index is 13.6. The van der Waals surface area contributed by atoms with Gasteiger partial charge in [0.1, 0.15) is 11.5 Å². The predicted octanol–water partition coefficient (Wildman–Crippen LogP) is 3.67. The Hall–Kier alpha value is -3.10. The minimum Gasteiger partial charge on any atom is -0.453 e. The second-order valence-corrected chi connectivity index (χ2v) is 5.71. The van der Waals surface area contributed by atoms with Crippen LogP contribution >= 0.6 is 0 Å². The second-order valence-electron chi connectivity index (χ2n) is 5.71. The van der Waals surface area contributed by atoms with E-state index in [9.17, 15) is 13.6 Å². The predicted molar refractivity (Wildman–Crippen MR) is 91.6 cm³/mol. The third-order valence-electron chi connectivity index (χ3n) is 3.88. The van der Waals surface area contributed by atoms with Crippen LogP contribution in [0.15, 0.2) is 30.7 Å². The molecule has 0 aliphatic heterocycles. The number of nitrogens with one attached hydrogen (secondary N) is 1. The van der Waals surface area contributed by atoms with Crippen LogP contribution in [0, 0.1) is 0 Å². The summed E-state index contributed by atoms with van der Waals surface area (Å²) in [5.74, 6) is -2.69. The lowest BCUT2D eigenvalue weighted by molar-refractivity contribution is 0.0126. The zero-order chi connectivity index (χ0) is 18.9. The van der Waals surface area contributed by atoms with Crippen LogP contribution < -0.4 is 5.32 Å². The molecule has 0 fully saturated rings. The van der Waals surface area contributed by atoms with Crippen molar-refractivity contribution in [2.75, 3.05) is 12.4 Å². The topological polar surface area (TPSA) is 81.9 Å². The summed E-state index contributed by atoms with van der Waals surface area (Å²) in [5.41, 5.74) is 1.22. The largest absolute Gasteiger partial charge is 0.453 e. The van der Waals surface area contributed by atoms with Crippen molar-refractivity contribution in [2.45, 2.75) is 26.2 Å². The number of aromatic nitrogens is 4. The molecule has 0 saturated carbocycles. The Morgan fingerprint density at radius 2 is 2.15 bits per heavy atom. The summed E-state index contributed by atoms with van der Waals surface area (Å²) in [4.78, 5) is 23.7. The van der Waals surface area contributed by atoms with E-state index >= 15 is 0 Å².